The molecule has 1 fully saturated rings. The molecule has 3 rings (SSSR count). The first-order valence-electron chi connectivity index (χ1n) is 8.48. The van der Waals surface area contributed by atoms with Gasteiger partial charge in [0, 0.05) is 29.1 Å². The van der Waals surface area contributed by atoms with Crippen molar-refractivity contribution in [3.05, 3.63) is 28.9 Å². The zero-order chi connectivity index (χ0) is 19.1. The van der Waals surface area contributed by atoms with Crippen molar-refractivity contribution < 1.29 is 13.9 Å². The number of nitrogens with two attached hydrogens (primary N) is 1. The van der Waals surface area contributed by atoms with Crippen molar-refractivity contribution in [2.24, 2.45) is 0 Å². The molecule has 6 nitrogen and oxygen atoms in total. The molecule has 1 aromatic carbocycles. The van der Waals surface area contributed by atoms with Crippen LogP contribution in [0.3, 0.4) is 0 Å². The Labute approximate surface area is 156 Å². The fourth-order valence-corrected chi connectivity index (χ4v) is 3.43. The van der Waals surface area contributed by atoms with Gasteiger partial charge < -0.3 is 15.4 Å². The monoisotopic (exact) mass is 380 g/mol. The van der Waals surface area contributed by atoms with Gasteiger partial charge in [-0.05, 0) is 44.9 Å². The Bertz CT molecular complexity index is 840. The van der Waals surface area contributed by atoms with Gasteiger partial charge in [0.05, 0.1) is 12.1 Å². The summed E-state index contributed by atoms with van der Waals surface area (Å²) in [6.07, 6.45) is 0.298. The van der Waals surface area contributed by atoms with Crippen molar-refractivity contribution in [3.63, 3.8) is 0 Å². The van der Waals surface area contributed by atoms with Crippen LogP contribution in [0.15, 0.2) is 18.3 Å². The number of fused-ring (bicyclic) bond motifs is 1. The number of likely N-dealkylation sites (tertiary alicyclic amines) is 1. The first-order chi connectivity index (χ1) is 12.1. The summed E-state index contributed by atoms with van der Waals surface area (Å²) in [5, 5.41) is 1.21. The summed E-state index contributed by atoms with van der Waals surface area (Å²) in [7, 11) is 0. The van der Waals surface area contributed by atoms with Crippen LogP contribution in [-0.4, -0.2) is 45.8 Å². The lowest BCUT2D eigenvalue weighted by Gasteiger charge is -2.36. The van der Waals surface area contributed by atoms with Gasteiger partial charge in [-0.2, -0.15) is 0 Å². The van der Waals surface area contributed by atoms with E-state index in [9.17, 15) is 9.18 Å². The van der Waals surface area contributed by atoms with Gasteiger partial charge in [0.15, 0.2) is 0 Å². The van der Waals surface area contributed by atoms with Crippen LogP contribution in [0.4, 0.5) is 15.1 Å². The number of nitrogen functional groups attached to an aromatic ring is 1. The van der Waals surface area contributed by atoms with Crippen LogP contribution >= 0.6 is 11.6 Å². The first kappa shape index (κ1) is 18.6. The van der Waals surface area contributed by atoms with Crippen LogP contribution in [0, 0.1) is 0 Å². The second kappa shape index (κ2) is 6.87. The van der Waals surface area contributed by atoms with Crippen molar-refractivity contribution >= 4 is 34.5 Å². The van der Waals surface area contributed by atoms with E-state index in [2.05, 4.69) is 9.97 Å². The Hall–Kier alpha value is -2.15. The Morgan fingerprint density at radius 1 is 1.42 bits per heavy atom. The standard InChI is InChI=1S/C18H22ClFN4O2/c1-18(2,3)26-17(25)24-5-4-11(14(20)9-24)12-7-15-10(6-13(12)19)8-22-16(21)23-15/h6-8,11,14H,4-5,9H2,1-3H3,(H2,21,22,23)/t11-,14+/m0/s1. The second-order valence-corrected chi connectivity index (χ2v) is 7.91. The van der Waals surface area contributed by atoms with E-state index < -0.39 is 23.8 Å². The van der Waals surface area contributed by atoms with E-state index >= 15 is 0 Å². The maximum absolute atomic E-state index is 14.9. The number of alkyl halides is 1. The molecule has 0 radical (unpaired) electrons. The predicted octanol–water partition coefficient (Wildman–Crippen LogP) is 3.93. The van der Waals surface area contributed by atoms with E-state index in [0.29, 0.717) is 29.1 Å². The van der Waals surface area contributed by atoms with Crippen LogP contribution in [-0.2, 0) is 4.74 Å². The number of nitrogens with zero attached hydrogens (tertiary/aromatic N) is 3. The molecule has 2 atom stereocenters. The third kappa shape index (κ3) is 3.98. The molecule has 8 heteroatoms. The number of benzene rings is 1. The van der Waals surface area contributed by atoms with Crippen molar-refractivity contribution in [2.75, 3.05) is 18.8 Å². The van der Waals surface area contributed by atoms with E-state index in [0.717, 1.165) is 5.39 Å². The SMILES string of the molecule is CC(C)(C)OC(=O)N1CC[C@@H](c2cc3nc(N)ncc3cc2Cl)[C@H](F)C1. The lowest BCUT2D eigenvalue weighted by atomic mass is 9.87. The number of hydrogen-bond donors (Lipinski definition) is 1. The van der Waals surface area contributed by atoms with Gasteiger partial charge >= 0.3 is 6.09 Å². The van der Waals surface area contributed by atoms with E-state index in [4.69, 9.17) is 22.1 Å². The normalized spacial score (nSPS) is 21.0. The number of carbonyl (C=O) groups excluding carboxylic acids is 1. The summed E-state index contributed by atoms with van der Waals surface area (Å²) in [4.78, 5) is 21.7. The number of halogens is 2. The molecular weight excluding hydrogens is 359 g/mol. The lowest BCUT2D eigenvalue weighted by Crippen LogP contribution is -2.46. The summed E-state index contributed by atoms with van der Waals surface area (Å²) in [5.74, 6) is -0.260. The summed E-state index contributed by atoms with van der Waals surface area (Å²) >= 11 is 6.37. The van der Waals surface area contributed by atoms with Crippen molar-refractivity contribution in [2.45, 2.75) is 44.9 Å². The minimum Gasteiger partial charge on any atom is -0.444 e. The smallest absolute Gasteiger partial charge is 0.410 e. The van der Waals surface area contributed by atoms with Crippen LogP contribution in [0.2, 0.25) is 5.02 Å². The van der Waals surface area contributed by atoms with Gasteiger partial charge in [-0.3, -0.25) is 0 Å². The zero-order valence-corrected chi connectivity index (χ0v) is 15.8. The largest absolute Gasteiger partial charge is 0.444 e. The average Bonchev–Trinajstić information content (AvgIpc) is 2.53. The fraction of sp³-hybridized carbons (Fsp3) is 0.500. The molecule has 26 heavy (non-hydrogen) atoms. The maximum Gasteiger partial charge on any atom is 0.410 e. The van der Waals surface area contributed by atoms with Crippen LogP contribution in [0.1, 0.15) is 38.7 Å². The predicted molar refractivity (Wildman–Crippen MR) is 99.0 cm³/mol. The van der Waals surface area contributed by atoms with Gasteiger partial charge in [0.25, 0.3) is 0 Å². The molecule has 1 amide bonds. The van der Waals surface area contributed by atoms with Crippen molar-refractivity contribution in [3.8, 4) is 0 Å². The first-order valence-corrected chi connectivity index (χ1v) is 8.85. The van der Waals surface area contributed by atoms with Crippen molar-refractivity contribution in [1.82, 2.24) is 14.9 Å². The van der Waals surface area contributed by atoms with Gasteiger partial charge in [0.1, 0.15) is 11.8 Å². The highest BCUT2D eigenvalue weighted by atomic mass is 35.5. The molecule has 0 saturated carbocycles. The van der Waals surface area contributed by atoms with Crippen molar-refractivity contribution in [1.29, 1.82) is 0 Å². The van der Waals surface area contributed by atoms with Crippen LogP contribution in [0.25, 0.3) is 10.9 Å². The molecule has 140 valence electrons. The molecule has 0 bridgehead atoms. The molecule has 2 aromatic rings. The Kier molecular flexibility index (Phi) is 4.92. The second-order valence-electron chi connectivity index (χ2n) is 7.50. The molecule has 0 unspecified atom stereocenters. The minimum absolute atomic E-state index is 0.0279. The summed E-state index contributed by atoms with van der Waals surface area (Å²) in [5.41, 5.74) is 6.32. The van der Waals surface area contributed by atoms with Crippen LogP contribution < -0.4 is 5.73 Å². The molecule has 1 aliphatic heterocycles. The highest BCUT2D eigenvalue weighted by Gasteiger charge is 2.35. The number of rotatable bonds is 1. The highest BCUT2D eigenvalue weighted by Crippen LogP contribution is 2.37. The molecule has 2 N–H and O–H groups in total. The topological polar surface area (TPSA) is 81.3 Å². The average molecular weight is 381 g/mol. The molecular formula is C18H22ClFN4O2. The maximum atomic E-state index is 14.9. The van der Waals surface area contributed by atoms with Gasteiger partial charge in [-0.15, -0.1) is 0 Å². The zero-order valence-electron chi connectivity index (χ0n) is 15.0. The molecule has 1 saturated heterocycles. The van der Waals surface area contributed by atoms with E-state index in [1.54, 1.807) is 39.1 Å². The lowest BCUT2D eigenvalue weighted by molar-refractivity contribution is 0.0111. The number of carbonyl (C=O) groups is 1. The number of aromatic nitrogens is 2. The van der Waals surface area contributed by atoms with Gasteiger partial charge in [-0.25, -0.2) is 19.2 Å². The molecule has 0 aliphatic carbocycles. The molecule has 0 spiro atoms. The third-order valence-electron chi connectivity index (χ3n) is 4.31. The van der Waals surface area contributed by atoms with Gasteiger partial charge in [-0.1, -0.05) is 11.6 Å². The number of ether oxygens (including phenoxy) is 1. The van der Waals surface area contributed by atoms with Crippen LogP contribution in [0.5, 0.6) is 0 Å². The molecule has 1 aliphatic rings. The quantitative estimate of drug-likeness (QED) is 0.810. The Morgan fingerprint density at radius 2 is 2.15 bits per heavy atom. The molecule has 2 heterocycles. The molecule has 1 aromatic heterocycles. The Morgan fingerprint density at radius 3 is 2.81 bits per heavy atom. The fourth-order valence-electron chi connectivity index (χ4n) is 3.11. The number of hydrogen-bond acceptors (Lipinski definition) is 5. The minimum atomic E-state index is -1.24. The summed E-state index contributed by atoms with van der Waals surface area (Å²) in [6.45, 7) is 5.73. The highest BCUT2D eigenvalue weighted by molar-refractivity contribution is 6.32. The van der Waals surface area contributed by atoms with E-state index in [-0.39, 0.29) is 12.5 Å². The number of anilines is 1. The Balaban J connectivity index is 1.80. The van der Waals surface area contributed by atoms with Gasteiger partial charge in [0.2, 0.25) is 5.95 Å². The number of piperidine rings is 1. The summed E-state index contributed by atoms with van der Waals surface area (Å²) in [6, 6.07) is 3.48. The number of amides is 1. The van der Waals surface area contributed by atoms with E-state index in [1.807, 2.05) is 0 Å². The van der Waals surface area contributed by atoms with E-state index in [1.165, 1.54) is 4.90 Å². The third-order valence-corrected chi connectivity index (χ3v) is 4.64. The summed E-state index contributed by atoms with van der Waals surface area (Å²) < 4.78 is 20.2.